The average Bonchev–Trinajstić information content (AvgIpc) is 2.79. The smallest absolute Gasteiger partial charge is 0.0378 e. The summed E-state index contributed by atoms with van der Waals surface area (Å²) in [5, 5.41) is 3.45. The van der Waals surface area contributed by atoms with E-state index in [1.807, 2.05) is 0 Å². The third-order valence-corrected chi connectivity index (χ3v) is 5.58. The molecule has 0 aromatic heterocycles. The zero-order chi connectivity index (χ0) is 12.3. The standard InChI is InChI=1S/C13H18BrIN2/c1-2-16-8-10-5-6-17(9-10)11-3-4-13(15)12(14)7-11/h3-4,7,10,16H,2,5-6,8-9H2,1H3. The molecule has 1 aromatic rings. The Morgan fingerprint density at radius 3 is 3.06 bits per heavy atom. The lowest BCUT2D eigenvalue weighted by Crippen LogP contribution is -2.26. The molecule has 1 atom stereocenters. The van der Waals surface area contributed by atoms with Crippen molar-refractivity contribution in [1.29, 1.82) is 0 Å². The van der Waals surface area contributed by atoms with E-state index in [9.17, 15) is 0 Å². The van der Waals surface area contributed by atoms with Gasteiger partial charge in [-0.05, 0) is 82.1 Å². The first-order valence-electron chi connectivity index (χ1n) is 6.11. The van der Waals surface area contributed by atoms with Crippen molar-refractivity contribution in [3.05, 3.63) is 26.2 Å². The van der Waals surface area contributed by atoms with Gasteiger partial charge in [0.2, 0.25) is 0 Å². The fraction of sp³-hybridized carbons (Fsp3) is 0.538. The molecule has 1 fully saturated rings. The van der Waals surface area contributed by atoms with Gasteiger partial charge in [-0.1, -0.05) is 6.92 Å². The van der Waals surface area contributed by atoms with E-state index in [-0.39, 0.29) is 0 Å². The number of halogens is 2. The summed E-state index contributed by atoms with van der Waals surface area (Å²) in [6.07, 6.45) is 1.30. The highest BCUT2D eigenvalue weighted by atomic mass is 127. The first-order valence-corrected chi connectivity index (χ1v) is 7.98. The predicted molar refractivity (Wildman–Crippen MR) is 85.7 cm³/mol. The SMILES string of the molecule is CCNCC1CCN(c2ccc(I)c(Br)c2)C1. The molecular weight excluding hydrogens is 391 g/mol. The van der Waals surface area contributed by atoms with E-state index >= 15 is 0 Å². The van der Waals surface area contributed by atoms with Gasteiger partial charge in [0.05, 0.1) is 0 Å². The van der Waals surface area contributed by atoms with Crippen LogP contribution in [0.4, 0.5) is 5.69 Å². The minimum atomic E-state index is 0.799. The predicted octanol–water partition coefficient (Wildman–Crippen LogP) is 3.49. The van der Waals surface area contributed by atoms with Crippen LogP contribution in [0.1, 0.15) is 13.3 Å². The van der Waals surface area contributed by atoms with Crippen molar-refractivity contribution in [2.24, 2.45) is 5.92 Å². The van der Waals surface area contributed by atoms with Crippen LogP contribution in [0, 0.1) is 9.49 Å². The fourth-order valence-electron chi connectivity index (χ4n) is 2.26. The quantitative estimate of drug-likeness (QED) is 0.767. The second-order valence-corrected chi connectivity index (χ2v) is 6.52. The summed E-state index contributed by atoms with van der Waals surface area (Å²) in [6.45, 7) is 6.76. The van der Waals surface area contributed by atoms with Crippen LogP contribution in [-0.4, -0.2) is 26.2 Å². The highest BCUT2D eigenvalue weighted by molar-refractivity contribution is 14.1. The van der Waals surface area contributed by atoms with Gasteiger partial charge >= 0.3 is 0 Å². The van der Waals surface area contributed by atoms with Gasteiger partial charge < -0.3 is 10.2 Å². The first-order chi connectivity index (χ1) is 8.20. The van der Waals surface area contributed by atoms with Gasteiger partial charge in [0, 0.05) is 26.8 Å². The first kappa shape index (κ1) is 13.6. The maximum absolute atomic E-state index is 3.60. The number of hydrogen-bond acceptors (Lipinski definition) is 2. The second kappa shape index (κ2) is 6.38. The Morgan fingerprint density at radius 1 is 1.53 bits per heavy atom. The highest BCUT2D eigenvalue weighted by Gasteiger charge is 2.22. The molecule has 0 saturated carbocycles. The lowest BCUT2D eigenvalue weighted by molar-refractivity contribution is 0.528. The van der Waals surface area contributed by atoms with Crippen molar-refractivity contribution in [1.82, 2.24) is 5.32 Å². The summed E-state index contributed by atoms with van der Waals surface area (Å²) < 4.78 is 2.47. The van der Waals surface area contributed by atoms with Gasteiger partial charge in [-0.3, -0.25) is 0 Å². The highest BCUT2D eigenvalue weighted by Crippen LogP contribution is 2.28. The molecule has 1 heterocycles. The van der Waals surface area contributed by atoms with E-state index in [2.05, 4.69) is 73.9 Å². The van der Waals surface area contributed by atoms with Gasteiger partial charge in [-0.2, -0.15) is 0 Å². The summed E-state index contributed by atoms with van der Waals surface area (Å²) >= 11 is 5.95. The van der Waals surface area contributed by atoms with Crippen LogP contribution in [0.2, 0.25) is 0 Å². The summed E-state index contributed by atoms with van der Waals surface area (Å²) in [4.78, 5) is 2.49. The maximum Gasteiger partial charge on any atom is 0.0378 e. The molecule has 1 N–H and O–H groups in total. The van der Waals surface area contributed by atoms with E-state index in [0.717, 1.165) is 19.0 Å². The number of rotatable bonds is 4. The van der Waals surface area contributed by atoms with Gasteiger partial charge in [-0.25, -0.2) is 0 Å². The van der Waals surface area contributed by atoms with Gasteiger partial charge in [0.1, 0.15) is 0 Å². The number of benzene rings is 1. The normalized spacial score (nSPS) is 19.9. The van der Waals surface area contributed by atoms with Crippen molar-refractivity contribution in [2.45, 2.75) is 13.3 Å². The maximum atomic E-state index is 3.60. The zero-order valence-corrected chi connectivity index (χ0v) is 13.8. The molecule has 1 aromatic carbocycles. The zero-order valence-electron chi connectivity index (χ0n) is 10.0. The summed E-state index contributed by atoms with van der Waals surface area (Å²) in [7, 11) is 0. The van der Waals surface area contributed by atoms with Crippen LogP contribution in [0.25, 0.3) is 0 Å². The topological polar surface area (TPSA) is 15.3 Å². The molecule has 1 saturated heterocycles. The van der Waals surface area contributed by atoms with Crippen LogP contribution in [-0.2, 0) is 0 Å². The Bertz CT molecular complexity index is 384. The molecule has 1 aliphatic rings. The minimum absolute atomic E-state index is 0.799. The molecule has 1 aliphatic heterocycles. The van der Waals surface area contributed by atoms with Crippen molar-refractivity contribution in [3.63, 3.8) is 0 Å². The molecule has 0 radical (unpaired) electrons. The number of nitrogens with zero attached hydrogens (tertiary/aromatic N) is 1. The van der Waals surface area contributed by atoms with Crippen LogP contribution < -0.4 is 10.2 Å². The molecule has 17 heavy (non-hydrogen) atoms. The Labute approximate surface area is 125 Å². The summed E-state index contributed by atoms with van der Waals surface area (Å²) in [5.74, 6) is 0.799. The molecule has 94 valence electrons. The van der Waals surface area contributed by atoms with Crippen molar-refractivity contribution in [3.8, 4) is 0 Å². The summed E-state index contributed by atoms with van der Waals surface area (Å²) in [5.41, 5.74) is 1.34. The van der Waals surface area contributed by atoms with Crippen LogP contribution in [0.3, 0.4) is 0 Å². The van der Waals surface area contributed by atoms with E-state index < -0.39 is 0 Å². The largest absolute Gasteiger partial charge is 0.371 e. The molecule has 0 aliphatic carbocycles. The van der Waals surface area contributed by atoms with E-state index in [0.29, 0.717) is 0 Å². The Hall–Kier alpha value is 0.190. The number of anilines is 1. The average molecular weight is 409 g/mol. The molecule has 4 heteroatoms. The molecule has 0 spiro atoms. The van der Waals surface area contributed by atoms with Crippen molar-refractivity contribution in [2.75, 3.05) is 31.1 Å². The van der Waals surface area contributed by atoms with Crippen LogP contribution >= 0.6 is 38.5 Å². The van der Waals surface area contributed by atoms with Gasteiger partial charge in [0.15, 0.2) is 0 Å². The van der Waals surface area contributed by atoms with E-state index in [1.165, 1.54) is 33.2 Å². The van der Waals surface area contributed by atoms with Gasteiger partial charge in [-0.15, -0.1) is 0 Å². The fourth-order valence-corrected chi connectivity index (χ4v) is 2.97. The van der Waals surface area contributed by atoms with Crippen LogP contribution in [0.15, 0.2) is 22.7 Å². The molecule has 0 amide bonds. The van der Waals surface area contributed by atoms with E-state index in [4.69, 9.17) is 0 Å². The Balaban J connectivity index is 1.97. The van der Waals surface area contributed by atoms with Crippen molar-refractivity contribution < 1.29 is 0 Å². The molecule has 1 unspecified atom stereocenters. The van der Waals surface area contributed by atoms with Gasteiger partial charge in [0.25, 0.3) is 0 Å². The molecule has 2 rings (SSSR count). The minimum Gasteiger partial charge on any atom is -0.371 e. The van der Waals surface area contributed by atoms with Crippen LogP contribution in [0.5, 0.6) is 0 Å². The summed E-state index contributed by atoms with van der Waals surface area (Å²) in [6, 6.07) is 6.64. The van der Waals surface area contributed by atoms with E-state index in [1.54, 1.807) is 0 Å². The lowest BCUT2D eigenvalue weighted by Gasteiger charge is -2.19. The monoisotopic (exact) mass is 408 g/mol. The Morgan fingerprint density at radius 2 is 2.35 bits per heavy atom. The lowest BCUT2D eigenvalue weighted by atomic mass is 10.1. The van der Waals surface area contributed by atoms with Crippen molar-refractivity contribution >= 4 is 44.2 Å². The molecular formula is C13H18BrIN2. The molecule has 0 bridgehead atoms. The number of hydrogen-bond donors (Lipinski definition) is 1. The second-order valence-electron chi connectivity index (χ2n) is 4.51. The molecule has 2 nitrogen and oxygen atoms in total. The Kier molecular flexibility index (Phi) is 5.11. The third-order valence-electron chi connectivity index (χ3n) is 3.24. The number of nitrogens with one attached hydrogen (secondary N) is 1. The third kappa shape index (κ3) is 3.58.